The molecule has 110 valence electrons. The highest BCUT2D eigenvalue weighted by Crippen LogP contribution is 2.23. The van der Waals surface area contributed by atoms with Crippen LogP contribution in [0.1, 0.15) is 27.9 Å². The summed E-state index contributed by atoms with van der Waals surface area (Å²) in [6, 6.07) is 3.52. The Kier molecular flexibility index (Phi) is 4.77. The van der Waals surface area contributed by atoms with E-state index in [0.717, 1.165) is 11.3 Å². The number of carbonyl (C=O) groups is 2. The van der Waals surface area contributed by atoms with Crippen LogP contribution in [0.15, 0.2) is 12.1 Å². The maximum atomic E-state index is 12.1. The number of aliphatic hydroxyl groups is 1. The molecule has 0 spiro atoms. The Morgan fingerprint density at radius 3 is 2.85 bits per heavy atom. The summed E-state index contributed by atoms with van der Waals surface area (Å²) >= 11 is 1.41. The molecule has 1 aliphatic heterocycles. The quantitative estimate of drug-likeness (QED) is 0.871. The highest BCUT2D eigenvalue weighted by atomic mass is 32.1. The molecule has 2 atom stereocenters. The van der Waals surface area contributed by atoms with Crippen LogP contribution in [-0.4, -0.2) is 47.6 Å². The van der Waals surface area contributed by atoms with E-state index >= 15 is 0 Å². The first-order valence-corrected chi connectivity index (χ1v) is 7.59. The van der Waals surface area contributed by atoms with Gasteiger partial charge in [-0.15, -0.1) is 11.3 Å². The maximum Gasteiger partial charge on any atom is 0.261 e. The fourth-order valence-corrected chi connectivity index (χ4v) is 3.28. The summed E-state index contributed by atoms with van der Waals surface area (Å²) in [6.07, 6.45) is 0.898. The van der Waals surface area contributed by atoms with Crippen LogP contribution >= 0.6 is 11.3 Å². The van der Waals surface area contributed by atoms with E-state index in [0.29, 0.717) is 17.3 Å². The van der Waals surface area contributed by atoms with Crippen LogP contribution in [-0.2, 0) is 4.79 Å². The lowest BCUT2D eigenvalue weighted by molar-refractivity contribution is -0.132. The molecule has 1 aromatic heterocycles. The fourth-order valence-electron chi connectivity index (χ4n) is 2.50. The van der Waals surface area contributed by atoms with Crippen LogP contribution in [0.2, 0.25) is 0 Å². The first kappa shape index (κ1) is 15.0. The zero-order valence-electron chi connectivity index (χ0n) is 11.8. The Balaban J connectivity index is 1.88. The Labute approximate surface area is 122 Å². The van der Waals surface area contributed by atoms with E-state index in [1.54, 1.807) is 11.0 Å². The van der Waals surface area contributed by atoms with E-state index in [1.165, 1.54) is 11.3 Å². The summed E-state index contributed by atoms with van der Waals surface area (Å²) in [6.45, 7) is 4.58. The van der Waals surface area contributed by atoms with E-state index in [-0.39, 0.29) is 31.0 Å². The van der Waals surface area contributed by atoms with Crippen molar-refractivity contribution in [1.82, 2.24) is 10.2 Å². The van der Waals surface area contributed by atoms with Crippen molar-refractivity contribution in [3.63, 3.8) is 0 Å². The summed E-state index contributed by atoms with van der Waals surface area (Å²) in [5, 5.41) is 12.0. The third-order valence-corrected chi connectivity index (χ3v) is 4.75. The predicted molar refractivity (Wildman–Crippen MR) is 77.8 cm³/mol. The van der Waals surface area contributed by atoms with Gasteiger partial charge in [-0.2, -0.15) is 0 Å². The molecule has 0 aromatic carbocycles. The van der Waals surface area contributed by atoms with E-state index in [9.17, 15) is 14.7 Å². The van der Waals surface area contributed by atoms with Crippen LogP contribution < -0.4 is 5.32 Å². The molecule has 5 nitrogen and oxygen atoms in total. The molecule has 2 amide bonds. The van der Waals surface area contributed by atoms with Crippen LogP contribution in [0, 0.1) is 12.8 Å². The first-order chi connectivity index (χ1) is 9.52. The van der Waals surface area contributed by atoms with Crippen molar-refractivity contribution in [2.24, 2.45) is 5.92 Å². The third-order valence-electron chi connectivity index (χ3n) is 3.75. The van der Waals surface area contributed by atoms with Crippen molar-refractivity contribution in [2.75, 3.05) is 19.7 Å². The lowest BCUT2D eigenvalue weighted by atomic mass is 10.0. The molecule has 2 unspecified atom stereocenters. The van der Waals surface area contributed by atoms with Gasteiger partial charge in [-0.3, -0.25) is 9.59 Å². The molecule has 6 heteroatoms. The van der Waals surface area contributed by atoms with Gasteiger partial charge >= 0.3 is 0 Å². The molecule has 2 heterocycles. The number of nitrogens with zero attached hydrogens (tertiary/aromatic N) is 1. The van der Waals surface area contributed by atoms with Crippen LogP contribution in [0.3, 0.4) is 0 Å². The second-order valence-corrected chi connectivity index (χ2v) is 6.48. The zero-order chi connectivity index (χ0) is 14.7. The number of hydrogen-bond donors (Lipinski definition) is 2. The number of aliphatic hydroxyl groups excluding tert-OH is 1. The van der Waals surface area contributed by atoms with E-state index < -0.39 is 0 Å². The second-order valence-electron chi connectivity index (χ2n) is 5.20. The Morgan fingerprint density at radius 2 is 2.25 bits per heavy atom. The summed E-state index contributed by atoms with van der Waals surface area (Å²) in [5.41, 5.74) is 0. The molecule has 0 radical (unpaired) electrons. The molecular formula is C14H20N2O3S. The van der Waals surface area contributed by atoms with Gasteiger partial charge < -0.3 is 15.3 Å². The number of likely N-dealkylation sites (tertiary alicyclic amines) is 1. The van der Waals surface area contributed by atoms with Crippen molar-refractivity contribution < 1.29 is 14.7 Å². The lowest BCUT2D eigenvalue weighted by Gasteiger charge is -2.25. The van der Waals surface area contributed by atoms with Crippen molar-refractivity contribution in [1.29, 1.82) is 0 Å². The average molecular weight is 296 g/mol. The summed E-state index contributed by atoms with van der Waals surface area (Å²) in [4.78, 5) is 27.3. The molecule has 0 saturated carbocycles. The van der Waals surface area contributed by atoms with Gasteiger partial charge in [-0.05, 0) is 31.4 Å². The standard InChI is InChI=1S/C14H20N2O3S/c1-9-5-6-16(11(9)8-17)13(18)7-15-14(19)12-4-3-10(2)20-12/h3-4,9,11,17H,5-8H2,1-2H3,(H,15,19). The van der Waals surface area contributed by atoms with Gasteiger partial charge in [-0.25, -0.2) is 0 Å². The zero-order valence-corrected chi connectivity index (χ0v) is 12.6. The first-order valence-electron chi connectivity index (χ1n) is 6.78. The monoisotopic (exact) mass is 296 g/mol. The van der Waals surface area contributed by atoms with Gasteiger partial charge in [0.25, 0.3) is 5.91 Å². The topological polar surface area (TPSA) is 69.6 Å². The number of nitrogens with one attached hydrogen (secondary N) is 1. The fraction of sp³-hybridized carbons (Fsp3) is 0.571. The minimum atomic E-state index is -0.218. The molecule has 1 fully saturated rings. The number of thiophene rings is 1. The number of aryl methyl sites for hydroxylation is 1. The van der Waals surface area contributed by atoms with Gasteiger partial charge in [0.15, 0.2) is 0 Å². The third kappa shape index (κ3) is 3.19. The smallest absolute Gasteiger partial charge is 0.261 e. The van der Waals surface area contributed by atoms with Crippen molar-refractivity contribution in [3.05, 3.63) is 21.9 Å². The van der Waals surface area contributed by atoms with Crippen molar-refractivity contribution in [2.45, 2.75) is 26.3 Å². The average Bonchev–Trinajstić information content (AvgIpc) is 3.01. The van der Waals surface area contributed by atoms with Gasteiger partial charge in [0.1, 0.15) is 0 Å². The predicted octanol–water partition coefficient (Wildman–Crippen LogP) is 1.02. The van der Waals surface area contributed by atoms with Gasteiger partial charge in [0, 0.05) is 11.4 Å². The van der Waals surface area contributed by atoms with Crippen molar-refractivity contribution in [3.8, 4) is 0 Å². The number of rotatable bonds is 4. The minimum Gasteiger partial charge on any atom is -0.394 e. The SMILES string of the molecule is Cc1ccc(C(=O)NCC(=O)N2CCC(C)C2CO)s1. The normalized spacial score (nSPS) is 22.1. The molecule has 2 rings (SSSR count). The molecule has 1 aliphatic rings. The minimum absolute atomic E-state index is 0.0149. The lowest BCUT2D eigenvalue weighted by Crippen LogP contribution is -2.45. The number of hydrogen-bond acceptors (Lipinski definition) is 4. The van der Waals surface area contributed by atoms with Gasteiger partial charge in [0.2, 0.25) is 5.91 Å². The van der Waals surface area contributed by atoms with Crippen molar-refractivity contribution >= 4 is 23.2 Å². The Bertz CT molecular complexity index is 500. The highest BCUT2D eigenvalue weighted by Gasteiger charge is 2.33. The molecule has 0 aliphatic carbocycles. The van der Waals surface area contributed by atoms with E-state index in [4.69, 9.17) is 0 Å². The second kappa shape index (κ2) is 6.37. The summed E-state index contributed by atoms with van der Waals surface area (Å²) in [7, 11) is 0. The van der Waals surface area contributed by atoms with Crippen LogP contribution in [0.5, 0.6) is 0 Å². The molecule has 1 aromatic rings. The van der Waals surface area contributed by atoms with Gasteiger partial charge in [0.05, 0.1) is 24.1 Å². The Hall–Kier alpha value is -1.40. The van der Waals surface area contributed by atoms with Gasteiger partial charge in [-0.1, -0.05) is 6.92 Å². The number of amides is 2. The molecule has 1 saturated heterocycles. The maximum absolute atomic E-state index is 12.1. The highest BCUT2D eigenvalue weighted by molar-refractivity contribution is 7.13. The summed E-state index contributed by atoms with van der Waals surface area (Å²) in [5.74, 6) is -0.0427. The van der Waals surface area contributed by atoms with E-state index in [2.05, 4.69) is 5.32 Å². The molecular weight excluding hydrogens is 276 g/mol. The van der Waals surface area contributed by atoms with Crippen LogP contribution in [0.4, 0.5) is 0 Å². The number of carbonyl (C=O) groups excluding carboxylic acids is 2. The summed E-state index contributed by atoms with van der Waals surface area (Å²) < 4.78 is 0. The molecule has 2 N–H and O–H groups in total. The Morgan fingerprint density at radius 1 is 1.50 bits per heavy atom. The largest absolute Gasteiger partial charge is 0.394 e. The van der Waals surface area contributed by atoms with Crippen LogP contribution in [0.25, 0.3) is 0 Å². The molecule has 0 bridgehead atoms. The van der Waals surface area contributed by atoms with E-state index in [1.807, 2.05) is 19.9 Å². The molecule has 20 heavy (non-hydrogen) atoms.